The quantitative estimate of drug-likeness (QED) is 0.312. The molecule has 0 N–H and O–H groups in total. The summed E-state index contributed by atoms with van der Waals surface area (Å²) >= 11 is 0. The minimum absolute atomic E-state index is 0.135. The fourth-order valence-electron chi connectivity index (χ4n) is 6.85. The van der Waals surface area contributed by atoms with Crippen molar-refractivity contribution >= 4 is 28.2 Å². The highest BCUT2D eigenvalue weighted by Gasteiger charge is 2.34. The van der Waals surface area contributed by atoms with Crippen LogP contribution in [-0.2, 0) is 17.8 Å². The van der Waals surface area contributed by atoms with E-state index in [0.717, 1.165) is 42.5 Å². The van der Waals surface area contributed by atoms with Crippen molar-refractivity contribution in [1.29, 1.82) is 5.26 Å². The lowest BCUT2D eigenvalue weighted by atomic mass is 9.99. The number of carbonyl (C=O) groups is 1. The van der Waals surface area contributed by atoms with Gasteiger partial charge in [0.2, 0.25) is 5.91 Å². The van der Waals surface area contributed by atoms with Crippen molar-refractivity contribution in [3.05, 3.63) is 65.9 Å². The zero-order valence-electron chi connectivity index (χ0n) is 26.2. The highest BCUT2D eigenvalue weighted by molar-refractivity contribution is 5.97. The number of hydrogen-bond acceptors (Lipinski definition) is 8. The van der Waals surface area contributed by atoms with Crippen molar-refractivity contribution in [3.63, 3.8) is 0 Å². The van der Waals surface area contributed by atoms with Crippen molar-refractivity contribution < 1.29 is 9.53 Å². The third-order valence-electron chi connectivity index (χ3n) is 9.70. The van der Waals surface area contributed by atoms with Crippen LogP contribution in [0.4, 0.5) is 11.5 Å². The Morgan fingerprint density at radius 3 is 2.73 bits per heavy atom. The minimum atomic E-state index is -0.231. The summed E-state index contributed by atoms with van der Waals surface area (Å²) in [6.07, 6.45) is 5.02. The van der Waals surface area contributed by atoms with Crippen LogP contribution in [0.15, 0.2) is 49.1 Å². The SMILES string of the molecule is C=CC(=O)N1CCN(c2nc(OCCN(C)[C@H](C)C3CC3)nc3c2CCN(c2cccc4cccc(C)c24)C3)CC1CC#N. The first-order valence-corrected chi connectivity index (χ1v) is 15.9. The van der Waals surface area contributed by atoms with Crippen LogP contribution in [0.25, 0.3) is 10.8 Å². The predicted molar refractivity (Wildman–Crippen MR) is 174 cm³/mol. The van der Waals surface area contributed by atoms with Crippen LogP contribution in [0, 0.1) is 24.2 Å². The van der Waals surface area contributed by atoms with E-state index in [9.17, 15) is 10.1 Å². The molecule has 2 aliphatic heterocycles. The summed E-state index contributed by atoms with van der Waals surface area (Å²) < 4.78 is 6.27. The van der Waals surface area contributed by atoms with Gasteiger partial charge >= 0.3 is 6.01 Å². The second-order valence-corrected chi connectivity index (χ2v) is 12.5. The Morgan fingerprint density at radius 1 is 1.18 bits per heavy atom. The molecule has 1 saturated carbocycles. The Hall–Kier alpha value is -4.16. The van der Waals surface area contributed by atoms with Crippen molar-refractivity contribution in [3.8, 4) is 12.1 Å². The first kappa shape index (κ1) is 29.9. The Balaban J connectivity index is 1.30. The normalized spacial score (nSPS) is 19.1. The molecule has 3 aliphatic rings. The van der Waals surface area contributed by atoms with Crippen LogP contribution in [0.3, 0.4) is 0 Å². The van der Waals surface area contributed by atoms with E-state index < -0.39 is 0 Å². The lowest BCUT2D eigenvalue weighted by Gasteiger charge is -2.42. The molecule has 6 rings (SSSR count). The average Bonchev–Trinajstić information content (AvgIpc) is 3.89. The predicted octanol–water partition coefficient (Wildman–Crippen LogP) is 4.73. The van der Waals surface area contributed by atoms with E-state index in [4.69, 9.17) is 14.7 Å². The highest BCUT2D eigenvalue weighted by Crippen LogP contribution is 2.36. The Kier molecular flexibility index (Phi) is 8.72. The second kappa shape index (κ2) is 12.8. The van der Waals surface area contributed by atoms with Gasteiger partial charge in [-0.25, -0.2) is 0 Å². The van der Waals surface area contributed by atoms with Gasteiger partial charge in [-0.3, -0.25) is 4.79 Å². The molecule has 1 saturated heterocycles. The monoisotopic (exact) mass is 593 g/mol. The average molecular weight is 594 g/mol. The summed E-state index contributed by atoms with van der Waals surface area (Å²) in [5.74, 6) is 1.53. The smallest absolute Gasteiger partial charge is 0.318 e. The lowest BCUT2D eigenvalue weighted by Crippen LogP contribution is -2.55. The molecule has 9 heteroatoms. The number of likely N-dealkylation sites (N-methyl/N-ethyl adjacent to an activating group) is 1. The summed E-state index contributed by atoms with van der Waals surface area (Å²) in [6, 6.07) is 15.9. The van der Waals surface area contributed by atoms with Crippen LogP contribution >= 0.6 is 0 Å². The molecule has 0 radical (unpaired) electrons. The molecule has 2 aromatic carbocycles. The zero-order chi connectivity index (χ0) is 30.8. The van der Waals surface area contributed by atoms with Crippen molar-refractivity contribution in [2.75, 3.05) is 56.2 Å². The number of fused-ring (bicyclic) bond motifs is 2. The van der Waals surface area contributed by atoms with Gasteiger partial charge < -0.3 is 24.3 Å². The van der Waals surface area contributed by atoms with Gasteiger partial charge in [0.05, 0.1) is 30.8 Å². The summed E-state index contributed by atoms with van der Waals surface area (Å²) in [5, 5.41) is 12.1. The van der Waals surface area contributed by atoms with E-state index in [0.29, 0.717) is 44.8 Å². The highest BCUT2D eigenvalue weighted by atomic mass is 16.5. The zero-order valence-corrected chi connectivity index (χ0v) is 26.2. The van der Waals surface area contributed by atoms with Crippen LogP contribution in [0.5, 0.6) is 6.01 Å². The minimum Gasteiger partial charge on any atom is -0.462 e. The molecule has 3 aromatic rings. The third-order valence-corrected chi connectivity index (χ3v) is 9.70. The number of carbonyl (C=O) groups excluding carboxylic acids is 1. The van der Waals surface area contributed by atoms with Crippen molar-refractivity contribution in [2.24, 2.45) is 5.92 Å². The molecule has 0 bridgehead atoms. The Morgan fingerprint density at radius 2 is 1.98 bits per heavy atom. The number of aromatic nitrogens is 2. The molecular weight excluding hydrogens is 550 g/mol. The standard InChI is InChI=1S/C35H43N7O2/c1-5-32(43)42-19-18-41(22-28(42)14-16-36)34-29-15-17-40(31-11-7-10-27-9-6-8-24(2)33(27)31)23-30(29)37-35(38-34)44-21-20-39(4)25(3)26-12-13-26/h5-11,25-26,28H,1,12-15,17-23H2,2-4H3/t25-,28?/m1/s1. The van der Waals surface area contributed by atoms with Gasteiger partial charge in [-0.05, 0) is 69.2 Å². The first-order chi connectivity index (χ1) is 21.4. The fraction of sp³-hybridized carbons (Fsp3) is 0.486. The van der Waals surface area contributed by atoms with Crippen molar-refractivity contribution in [1.82, 2.24) is 19.8 Å². The number of aryl methyl sites for hydroxylation is 1. The molecular formula is C35H43N7O2. The Bertz CT molecular complexity index is 1570. The largest absolute Gasteiger partial charge is 0.462 e. The lowest BCUT2D eigenvalue weighted by molar-refractivity contribution is -0.128. The Labute approximate surface area is 260 Å². The number of rotatable bonds is 10. The molecule has 1 aromatic heterocycles. The van der Waals surface area contributed by atoms with Gasteiger partial charge in [-0.15, -0.1) is 0 Å². The molecule has 9 nitrogen and oxygen atoms in total. The number of ether oxygens (including phenoxy) is 1. The van der Waals surface area contributed by atoms with E-state index in [-0.39, 0.29) is 18.4 Å². The fourth-order valence-corrected chi connectivity index (χ4v) is 6.85. The number of nitrogens with zero attached hydrogens (tertiary/aromatic N) is 7. The third kappa shape index (κ3) is 6.09. The van der Waals surface area contributed by atoms with E-state index in [1.54, 1.807) is 4.90 Å². The topological polar surface area (TPSA) is 88.8 Å². The van der Waals surface area contributed by atoms with Crippen LogP contribution in [0.1, 0.15) is 43.0 Å². The van der Waals surface area contributed by atoms with Gasteiger partial charge in [0.15, 0.2) is 0 Å². The number of nitriles is 1. The van der Waals surface area contributed by atoms with Gasteiger partial charge in [0.25, 0.3) is 0 Å². The molecule has 1 unspecified atom stereocenters. The maximum atomic E-state index is 12.6. The maximum Gasteiger partial charge on any atom is 0.318 e. The first-order valence-electron chi connectivity index (χ1n) is 15.9. The van der Waals surface area contributed by atoms with Gasteiger partial charge in [-0.2, -0.15) is 15.2 Å². The molecule has 0 spiro atoms. The van der Waals surface area contributed by atoms with E-state index in [1.807, 2.05) is 0 Å². The van der Waals surface area contributed by atoms with Crippen molar-refractivity contribution in [2.45, 2.75) is 58.2 Å². The maximum absolute atomic E-state index is 12.6. The number of hydrogen-bond donors (Lipinski definition) is 0. The van der Waals surface area contributed by atoms with Crippen LogP contribution in [0.2, 0.25) is 0 Å². The number of anilines is 2. The van der Waals surface area contributed by atoms with Gasteiger partial charge in [-0.1, -0.05) is 36.9 Å². The summed E-state index contributed by atoms with van der Waals surface area (Å²) in [6.45, 7) is 12.6. The molecule has 2 fully saturated rings. The molecule has 2 atom stereocenters. The number of amides is 1. The molecule has 1 aliphatic carbocycles. The second-order valence-electron chi connectivity index (χ2n) is 12.5. The van der Waals surface area contributed by atoms with Gasteiger partial charge in [0.1, 0.15) is 12.4 Å². The molecule has 44 heavy (non-hydrogen) atoms. The van der Waals surface area contributed by atoms with Crippen LogP contribution < -0.4 is 14.5 Å². The summed E-state index contributed by atoms with van der Waals surface area (Å²) in [4.78, 5) is 31.3. The van der Waals surface area contributed by atoms with E-state index >= 15 is 0 Å². The summed E-state index contributed by atoms with van der Waals surface area (Å²) in [5.41, 5.74) is 4.58. The van der Waals surface area contributed by atoms with E-state index in [1.165, 1.54) is 40.9 Å². The van der Waals surface area contributed by atoms with E-state index in [2.05, 4.69) is 84.6 Å². The number of benzene rings is 2. The molecule has 230 valence electrons. The van der Waals surface area contributed by atoms with Crippen LogP contribution in [-0.4, -0.2) is 84.1 Å². The summed E-state index contributed by atoms with van der Waals surface area (Å²) in [7, 11) is 2.16. The van der Waals surface area contributed by atoms with Gasteiger partial charge in [0, 0.05) is 55.4 Å². The number of piperazine rings is 1. The molecule has 3 heterocycles. The molecule has 1 amide bonds.